The fourth-order valence-electron chi connectivity index (χ4n) is 1.60. The molecular weight excluding hydrogens is 286 g/mol. The molecule has 0 atom stereocenters. The van der Waals surface area contributed by atoms with Crippen LogP contribution < -0.4 is 0 Å². The van der Waals surface area contributed by atoms with Gasteiger partial charge in [-0.3, -0.25) is 14.6 Å². The van der Waals surface area contributed by atoms with Gasteiger partial charge in [0.2, 0.25) is 11.8 Å². The van der Waals surface area contributed by atoms with Crippen LogP contribution in [0.2, 0.25) is 0 Å². The topological polar surface area (TPSA) is 53.5 Å². The Kier molecular flexibility index (Phi) is 3.42. The van der Waals surface area contributed by atoms with Crippen LogP contribution in [0.5, 0.6) is 0 Å². The van der Waals surface area contributed by atoms with E-state index >= 15 is 0 Å². The summed E-state index contributed by atoms with van der Waals surface area (Å²) in [5.41, 5.74) is 0.777. The summed E-state index contributed by atoms with van der Waals surface area (Å²) >= 11 is 3.30. The molecular formula is C11H12BrN3O2. The molecule has 0 saturated carbocycles. The summed E-state index contributed by atoms with van der Waals surface area (Å²) in [5, 5.41) is 0. The Hall–Kier alpha value is -1.43. The normalized spacial score (nSPS) is 16.6. The number of likely N-dealkylation sites (N-methyl/N-ethyl adjacent to an activating group) is 1. The number of halogens is 1. The number of hydrogen-bond donors (Lipinski definition) is 0. The van der Waals surface area contributed by atoms with E-state index in [-0.39, 0.29) is 24.9 Å². The minimum absolute atomic E-state index is 0.0401. The molecule has 90 valence electrons. The number of pyridine rings is 1. The third kappa shape index (κ3) is 2.82. The standard InChI is InChI=1S/C11H12BrN3O2/c1-14-6-11(17)15(7-10(14)16)5-9-3-2-8(12)4-13-9/h2-4H,5-7H2,1H3. The Balaban J connectivity index is 2.06. The van der Waals surface area contributed by atoms with E-state index in [1.807, 2.05) is 12.1 Å². The second-order valence-corrected chi connectivity index (χ2v) is 4.88. The predicted molar refractivity (Wildman–Crippen MR) is 65.0 cm³/mol. The molecule has 0 unspecified atom stereocenters. The maximum absolute atomic E-state index is 11.7. The predicted octanol–water partition coefficient (Wildman–Crippen LogP) is 0.645. The summed E-state index contributed by atoms with van der Waals surface area (Å²) in [6.45, 7) is 0.661. The monoisotopic (exact) mass is 297 g/mol. The van der Waals surface area contributed by atoms with Crippen LogP contribution in [0, 0.1) is 0 Å². The van der Waals surface area contributed by atoms with Crippen molar-refractivity contribution in [1.82, 2.24) is 14.8 Å². The van der Waals surface area contributed by atoms with Crippen molar-refractivity contribution in [1.29, 1.82) is 0 Å². The first-order chi connectivity index (χ1) is 8.06. The fraction of sp³-hybridized carbons (Fsp3) is 0.364. The number of carbonyl (C=O) groups is 2. The molecule has 0 aliphatic carbocycles. The Bertz CT molecular complexity index is 447. The number of amides is 2. The molecule has 1 fully saturated rings. The zero-order chi connectivity index (χ0) is 12.4. The Morgan fingerprint density at radius 2 is 2.06 bits per heavy atom. The lowest BCUT2D eigenvalue weighted by molar-refractivity contribution is -0.149. The average Bonchev–Trinajstić information content (AvgIpc) is 2.29. The summed E-state index contributed by atoms with van der Waals surface area (Å²) in [6, 6.07) is 3.70. The molecule has 1 saturated heterocycles. The third-order valence-corrected chi connectivity index (χ3v) is 3.09. The Morgan fingerprint density at radius 3 is 2.71 bits per heavy atom. The lowest BCUT2D eigenvalue weighted by atomic mass is 10.2. The molecule has 6 heteroatoms. The van der Waals surface area contributed by atoms with E-state index in [2.05, 4.69) is 20.9 Å². The van der Waals surface area contributed by atoms with Crippen LogP contribution in [0.1, 0.15) is 5.69 Å². The summed E-state index contributed by atoms with van der Waals surface area (Å²) in [7, 11) is 1.63. The van der Waals surface area contributed by atoms with Gasteiger partial charge in [-0.15, -0.1) is 0 Å². The lowest BCUT2D eigenvalue weighted by Crippen LogP contribution is -2.51. The molecule has 1 aromatic rings. The summed E-state index contributed by atoms with van der Waals surface area (Å²) in [5.74, 6) is -0.0847. The van der Waals surface area contributed by atoms with E-state index in [1.165, 1.54) is 9.80 Å². The van der Waals surface area contributed by atoms with Gasteiger partial charge in [0.05, 0.1) is 18.8 Å². The SMILES string of the molecule is CN1CC(=O)N(Cc2ccc(Br)cn2)CC1=O. The summed E-state index contributed by atoms with van der Waals surface area (Å²) < 4.78 is 0.891. The molecule has 0 aromatic carbocycles. The van der Waals surface area contributed by atoms with Crippen molar-refractivity contribution in [2.45, 2.75) is 6.54 Å². The fourth-order valence-corrected chi connectivity index (χ4v) is 1.84. The van der Waals surface area contributed by atoms with Crippen LogP contribution in [0.25, 0.3) is 0 Å². The molecule has 0 N–H and O–H groups in total. The van der Waals surface area contributed by atoms with Crippen LogP contribution in [0.15, 0.2) is 22.8 Å². The number of nitrogens with zero attached hydrogens (tertiary/aromatic N) is 3. The maximum Gasteiger partial charge on any atom is 0.243 e. The van der Waals surface area contributed by atoms with Crippen LogP contribution in [-0.4, -0.2) is 46.7 Å². The molecule has 0 bridgehead atoms. The van der Waals surface area contributed by atoms with Gasteiger partial charge >= 0.3 is 0 Å². The van der Waals surface area contributed by atoms with Gasteiger partial charge in [-0.05, 0) is 28.1 Å². The Labute approximate surface area is 108 Å². The van der Waals surface area contributed by atoms with Crippen molar-refractivity contribution in [3.63, 3.8) is 0 Å². The molecule has 5 nitrogen and oxygen atoms in total. The maximum atomic E-state index is 11.7. The average molecular weight is 298 g/mol. The second-order valence-electron chi connectivity index (χ2n) is 3.97. The second kappa shape index (κ2) is 4.83. The summed E-state index contributed by atoms with van der Waals surface area (Å²) in [6.07, 6.45) is 1.68. The molecule has 1 aliphatic heterocycles. The first-order valence-corrected chi connectivity index (χ1v) is 5.98. The van der Waals surface area contributed by atoms with Gasteiger partial charge in [0, 0.05) is 17.7 Å². The van der Waals surface area contributed by atoms with Gasteiger partial charge in [-0.25, -0.2) is 0 Å². The van der Waals surface area contributed by atoms with Crippen LogP contribution in [0.3, 0.4) is 0 Å². The molecule has 17 heavy (non-hydrogen) atoms. The van der Waals surface area contributed by atoms with Gasteiger partial charge in [-0.1, -0.05) is 0 Å². The van der Waals surface area contributed by atoms with Crippen molar-refractivity contribution in [3.8, 4) is 0 Å². The minimum Gasteiger partial charge on any atom is -0.335 e. The highest BCUT2D eigenvalue weighted by Gasteiger charge is 2.27. The smallest absolute Gasteiger partial charge is 0.243 e. The van der Waals surface area contributed by atoms with Gasteiger partial charge < -0.3 is 9.80 Å². The molecule has 2 heterocycles. The van der Waals surface area contributed by atoms with Crippen molar-refractivity contribution in [2.75, 3.05) is 20.1 Å². The first-order valence-electron chi connectivity index (χ1n) is 5.18. The quantitative estimate of drug-likeness (QED) is 0.805. The van der Waals surface area contributed by atoms with Crippen LogP contribution >= 0.6 is 15.9 Å². The largest absolute Gasteiger partial charge is 0.335 e. The molecule has 2 amide bonds. The van der Waals surface area contributed by atoms with E-state index < -0.39 is 0 Å². The Morgan fingerprint density at radius 1 is 1.29 bits per heavy atom. The number of carbonyl (C=O) groups excluding carboxylic acids is 2. The zero-order valence-corrected chi connectivity index (χ0v) is 11.0. The van der Waals surface area contributed by atoms with Crippen molar-refractivity contribution in [3.05, 3.63) is 28.5 Å². The third-order valence-electron chi connectivity index (χ3n) is 2.62. The van der Waals surface area contributed by atoms with E-state index in [1.54, 1.807) is 13.2 Å². The van der Waals surface area contributed by atoms with E-state index in [4.69, 9.17) is 0 Å². The molecule has 1 aliphatic rings. The number of rotatable bonds is 2. The van der Waals surface area contributed by atoms with E-state index in [0.717, 1.165) is 10.2 Å². The molecule has 2 rings (SSSR count). The van der Waals surface area contributed by atoms with E-state index in [0.29, 0.717) is 6.54 Å². The van der Waals surface area contributed by atoms with Crippen molar-refractivity contribution in [2.24, 2.45) is 0 Å². The number of aromatic nitrogens is 1. The summed E-state index contributed by atoms with van der Waals surface area (Å²) in [4.78, 5) is 30.4. The van der Waals surface area contributed by atoms with E-state index in [9.17, 15) is 9.59 Å². The van der Waals surface area contributed by atoms with Crippen LogP contribution in [0.4, 0.5) is 0 Å². The van der Waals surface area contributed by atoms with Crippen molar-refractivity contribution >= 4 is 27.7 Å². The lowest BCUT2D eigenvalue weighted by Gasteiger charge is -2.31. The highest BCUT2D eigenvalue weighted by molar-refractivity contribution is 9.10. The van der Waals surface area contributed by atoms with Gasteiger partial charge in [0.15, 0.2) is 0 Å². The highest BCUT2D eigenvalue weighted by Crippen LogP contribution is 2.11. The molecule has 1 aromatic heterocycles. The molecule has 0 radical (unpaired) electrons. The highest BCUT2D eigenvalue weighted by atomic mass is 79.9. The first kappa shape index (κ1) is 12.0. The molecule has 0 spiro atoms. The van der Waals surface area contributed by atoms with Crippen molar-refractivity contribution < 1.29 is 9.59 Å². The minimum atomic E-state index is -0.0446. The van der Waals surface area contributed by atoms with Gasteiger partial charge in [0.1, 0.15) is 6.54 Å². The zero-order valence-electron chi connectivity index (χ0n) is 9.39. The number of hydrogen-bond acceptors (Lipinski definition) is 3. The van der Waals surface area contributed by atoms with Gasteiger partial charge in [0.25, 0.3) is 0 Å². The number of piperazine rings is 1. The van der Waals surface area contributed by atoms with Crippen LogP contribution in [-0.2, 0) is 16.1 Å². The van der Waals surface area contributed by atoms with Gasteiger partial charge in [-0.2, -0.15) is 0 Å².